The first kappa shape index (κ1) is 23.7. The van der Waals surface area contributed by atoms with Crippen LogP contribution in [0.1, 0.15) is 37.5 Å². The summed E-state index contributed by atoms with van der Waals surface area (Å²) < 4.78 is 32.6. The van der Waals surface area contributed by atoms with Crippen LogP contribution in [0.2, 0.25) is 0 Å². The van der Waals surface area contributed by atoms with E-state index in [0.29, 0.717) is 19.0 Å². The standard InChI is InChI=1S/C22H32N4O3S/c1-5-23-22(24-14-18-9-8-12-21(13-18)29-4)25-15-19-10-6-7-11-20(19)16-30(27,28)26-17(2)3/h6-13,17,26H,5,14-16H2,1-4H3,(H2,23,24,25). The summed E-state index contributed by atoms with van der Waals surface area (Å²) in [6, 6.07) is 15.2. The smallest absolute Gasteiger partial charge is 0.216 e. The molecule has 0 aromatic heterocycles. The molecule has 30 heavy (non-hydrogen) atoms. The van der Waals surface area contributed by atoms with Crippen molar-refractivity contribution in [3.63, 3.8) is 0 Å². The molecule has 3 N–H and O–H groups in total. The quantitative estimate of drug-likeness (QED) is 0.397. The third-order valence-electron chi connectivity index (χ3n) is 4.22. The molecule has 0 amide bonds. The zero-order valence-electron chi connectivity index (χ0n) is 18.1. The molecule has 0 spiro atoms. The number of nitrogens with one attached hydrogen (secondary N) is 3. The topological polar surface area (TPSA) is 91.8 Å². The van der Waals surface area contributed by atoms with Gasteiger partial charge in [0.05, 0.1) is 19.4 Å². The molecule has 2 rings (SSSR count). The number of ether oxygens (including phenoxy) is 1. The Morgan fingerprint density at radius 1 is 1.07 bits per heavy atom. The molecule has 0 radical (unpaired) electrons. The minimum absolute atomic E-state index is 0.0550. The van der Waals surface area contributed by atoms with Crippen LogP contribution in [-0.4, -0.2) is 34.1 Å². The zero-order chi connectivity index (χ0) is 22.0. The highest BCUT2D eigenvalue weighted by molar-refractivity contribution is 7.88. The largest absolute Gasteiger partial charge is 0.497 e. The summed E-state index contributed by atoms with van der Waals surface area (Å²) in [4.78, 5) is 4.63. The van der Waals surface area contributed by atoms with E-state index in [2.05, 4.69) is 20.3 Å². The van der Waals surface area contributed by atoms with Crippen molar-refractivity contribution in [1.29, 1.82) is 0 Å². The highest BCUT2D eigenvalue weighted by atomic mass is 32.2. The van der Waals surface area contributed by atoms with Crippen LogP contribution in [0.5, 0.6) is 5.75 Å². The van der Waals surface area contributed by atoms with Crippen LogP contribution in [0.4, 0.5) is 0 Å². The predicted molar refractivity (Wildman–Crippen MR) is 122 cm³/mol. The van der Waals surface area contributed by atoms with Gasteiger partial charge in [-0.15, -0.1) is 0 Å². The molecule has 0 aliphatic carbocycles. The Hall–Kier alpha value is -2.58. The fourth-order valence-corrected chi connectivity index (χ4v) is 4.43. The summed E-state index contributed by atoms with van der Waals surface area (Å²) in [6.45, 7) is 7.32. The lowest BCUT2D eigenvalue weighted by Gasteiger charge is -2.15. The SMILES string of the molecule is CCNC(=NCc1cccc(OC)c1)NCc1ccccc1CS(=O)(=O)NC(C)C. The molecule has 2 aromatic carbocycles. The van der Waals surface area contributed by atoms with E-state index in [1.54, 1.807) is 7.11 Å². The van der Waals surface area contributed by atoms with Crippen molar-refractivity contribution in [3.8, 4) is 5.75 Å². The van der Waals surface area contributed by atoms with Crippen LogP contribution in [0.15, 0.2) is 53.5 Å². The van der Waals surface area contributed by atoms with Gasteiger partial charge in [0.2, 0.25) is 10.0 Å². The van der Waals surface area contributed by atoms with Gasteiger partial charge in [-0.25, -0.2) is 18.1 Å². The minimum Gasteiger partial charge on any atom is -0.497 e. The Bertz CT molecular complexity index is 943. The summed E-state index contributed by atoms with van der Waals surface area (Å²) >= 11 is 0. The van der Waals surface area contributed by atoms with E-state index in [-0.39, 0.29) is 11.8 Å². The summed E-state index contributed by atoms with van der Waals surface area (Å²) in [5, 5.41) is 6.52. The first-order valence-electron chi connectivity index (χ1n) is 10.0. The van der Waals surface area contributed by atoms with Gasteiger partial charge in [0, 0.05) is 19.1 Å². The molecule has 0 aliphatic heterocycles. The Morgan fingerprint density at radius 3 is 2.47 bits per heavy atom. The normalized spacial score (nSPS) is 12.1. The van der Waals surface area contributed by atoms with Gasteiger partial charge in [0.1, 0.15) is 5.75 Å². The molecular formula is C22H32N4O3S. The fraction of sp³-hybridized carbons (Fsp3) is 0.409. The number of sulfonamides is 1. The Kier molecular flexibility index (Phi) is 9.14. The minimum atomic E-state index is -3.39. The van der Waals surface area contributed by atoms with Crippen LogP contribution in [-0.2, 0) is 28.9 Å². The van der Waals surface area contributed by atoms with E-state index in [9.17, 15) is 8.42 Å². The lowest BCUT2D eigenvalue weighted by molar-refractivity contribution is 0.414. The number of nitrogens with zero attached hydrogens (tertiary/aromatic N) is 1. The maximum atomic E-state index is 12.3. The first-order chi connectivity index (χ1) is 14.3. The molecule has 0 atom stereocenters. The maximum absolute atomic E-state index is 12.3. The number of hydrogen-bond donors (Lipinski definition) is 3. The number of methoxy groups -OCH3 is 1. The van der Waals surface area contributed by atoms with E-state index in [4.69, 9.17) is 4.74 Å². The van der Waals surface area contributed by atoms with Crippen molar-refractivity contribution in [2.24, 2.45) is 4.99 Å². The number of guanidine groups is 1. The molecule has 7 nitrogen and oxygen atoms in total. The average molecular weight is 433 g/mol. The molecule has 0 saturated carbocycles. The monoisotopic (exact) mass is 432 g/mol. The van der Waals surface area contributed by atoms with Gasteiger partial charge in [0.25, 0.3) is 0 Å². The molecule has 2 aromatic rings. The van der Waals surface area contributed by atoms with Gasteiger partial charge < -0.3 is 15.4 Å². The molecule has 0 heterocycles. The van der Waals surface area contributed by atoms with Gasteiger partial charge in [-0.2, -0.15) is 0 Å². The van der Waals surface area contributed by atoms with Crippen LogP contribution in [0.25, 0.3) is 0 Å². The van der Waals surface area contributed by atoms with Crippen molar-refractivity contribution in [2.45, 2.75) is 45.7 Å². The average Bonchev–Trinajstić information content (AvgIpc) is 2.70. The van der Waals surface area contributed by atoms with E-state index >= 15 is 0 Å². The van der Waals surface area contributed by atoms with Crippen LogP contribution in [0, 0.1) is 0 Å². The number of aliphatic imine (C=N–C) groups is 1. The Balaban J connectivity index is 2.09. The van der Waals surface area contributed by atoms with Gasteiger partial charge in [-0.3, -0.25) is 0 Å². The second kappa shape index (κ2) is 11.6. The summed E-state index contributed by atoms with van der Waals surface area (Å²) in [5.74, 6) is 1.41. The van der Waals surface area contributed by atoms with Crippen LogP contribution in [0.3, 0.4) is 0 Å². The predicted octanol–water partition coefficient (Wildman–Crippen LogP) is 2.78. The molecule has 0 aliphatic rings. The summed E-state index contributed by atoms with van der Waals surface area (Å²) in [6.07, 6.45) is 0. The second-order valence-electron chi connectivity index (χ2n) is 7.20. The molecule has 0 saturated heterocycles. The van der Waals surface area contributed by atoms with E-state index in [1.165, 1.54) is 0 Å². The fourth-order valence-electron chi connectivity index (χ4n) is 2.94. The Morgan fingerprint density at radius 2 is 1.80 bits per heavy atom. The first-order valence-corrected chi connectivity index (χ1v) is 11.7. The second-order valence-corrected chi connectivity index (χ2v) is 8.95. The van der Waals surface area contributed by atoms with Crippen molar-refractivity contribution in [2.75, 3.05) is 13.7 Å². The Labute approximate surface area is 180 Å². The van der Waals surface area contributed by atoms with Gasteiger partial charge in [-0.1, -0.05) is 36.4 Å². The lowest BCUT2D eigenvalue weighted by atomic mass is 10.1. The van der Waals surface area contributed by atoms with Crippen molar-refractivity contribution in [1.82, 2.24) is 15.4 Å². The molecule has 0 fully saturated rings. The maximum Gasteiger partial charge on any atom is 0.216 e. The molecule has 0 bridgehead atoms. The third kappa shape index (κ3) is 8.04. The highest BCUT2D eigenvalue weighted by Crippen LogP contribution is 2.14. The van der Waals surface area contributed by atoms with Crippen molar-refractivity contribution >= 4 is 16.0 Å². The highest BCUT2D eigenvalue weighted by Gasteiger charge is 2.15. The number of hydrogen-bond acceptors (Lipinski definition) is 4. The van der Waals surface area contributed by atoms with E-state index < -0.39 is 10.0 Å². The number of rotatable bonds is 10. The van der Waals surface area contributed by atoms with Crippen LogP contribution >= 0.6 is 0 Å². The van der Waals surface area contributed by atoms with Gasteiger partial charge in [-0.05, 0) is 49.6 Å². The lowest BCUT2D eigenvalue weighted by Crippen LogP contribution is -2.37. The molecule has 0 unspecified atom stereocenters. The summed E-state index contributed by atoms with van der Waals surface area (Å²) in [5.41, 5.74) is 2.72. The molecule has 164 valence electrons. The zero-order valence-corrected chi connectivity index (χ0v) is 18.9. The van der Waals surface area contributed by atoms with E-state index in [1.807, 2.05) is 69.3 Å². The third-order valence-corrected chi connectivity index (χ3v) is 5.75. The molecule has 8 heteroatoms. The van der Waals surface area contributed by atoms with Crippen LogP contribution < -0.4 is 20.1 Å². The van der Waals surface area contributed by atoms with Gasteiger partial charge in [0.15, 0.2) is 5.96 Å². The van der Waals surface area contributed by atoms with Crippen molar-refractivity contribution < 1.29 is 13.2 Å². The number of benzene rings is 2. The summed E-state index contributed by atoms with van der Waals surface area (Å²) in [7, 11) is -1.75. The van der Waals surface area contributed by atoms with Crippen molar-refractivity contribution in [3.05, 3.63) is 65.2 Å². The van der Waals surface area contributed by atoms with Gasteiger partial charge >= 0.3 is 0 Å². The van der Waals surface area contributed by atoms with E-state index in [0.717, 1.165) is 29.0 Å². The molecular weight excluding hydrogens is 400 g/mol.